The number of aryl methyl sites for hydroxylation is 2. The highest BCUT2D eigenvalue weighted by molar-refractivity contribution is 8.14. The number of thioether (sulfide) groups is 1. The fraction of sp³-hybridized carbons (Fsp3) is 0.300. The molecule has 8 heteroatoms. The highest BCUT2D eigenvalue weighted by Gasteiger charge is 2.33. The van der Waals surface area contributed by atoms with Crippen molar-refractivity contribution in [1.82, 2.24) is 4.90 Å². The lowest BCUT2D eigenvalue weighted by Crippen LogP contribution is -2.36. The maximum atomic E-state index is 12.9. The van der Waals surface area contributed by atoms with Crippen molar-refractivity contribution in [3.8, 4) is 0 Å². The minimum atomic E-state index is -4.46. The van der Waals surface area contributed by atoms with E-state index in [-0.39, 0.29) is 10.9 Å². The number of amides is 2. The van der Waals surface area contributed by atoms with E-state index in [9.17, 15) is 18.0 Å². The third kappa shape index (κ3) is 4.49. The normalized spacial score (nSPS) is 18.6. The van der Waals surface area contributed by atoms with Crippen LogP contribution in [-0.4, -0.2) is 27.9 Å². The molecule has 1 aliphatic heterocycles. The SMILES string of the molecule is Cc1cccc(C)c1N=C1SC(C)CN1C(=O)Nc1cccc(C(F)(F)F)c1. The molecule has 0 bridgehead atoms. The van der Waals surface area contributed by atoms with E-state index in [4.69, 9.17) is 0 Å². The van der Waals surface area contributed by atoms with Gasteiger partial charge in [-0.1, -0.05) is 43.0 Å². The van der Waals surface area contributed by atoms with E-state index < -0.39 is 17.8 Å². The Labute approximate surface area is 165 Å². The molecule has 4 nitrogen and oxygen atoms in total. The second-order valence-electron chi connectivity index (χ2n) is 6.68. The largest absolute Gasteiger partial charge is 0.416 e. The number of benzene rings is 2. The Morgan fingerprint density at radius 3 is 2.46 bits per heavy atom. The van der Waals surface area contributed by atoms with E-state index in [0.29, 0.717) is 11.7 Å². The van der Waals surface area contributed by atoms with Gasteiger partial charge in [0.25, 0.3) is 0 Å². The average Bonchev–Trinajstić information content (AvgIpc) is 2.98. The van der Waals surface area contributed by atoms with Crippen LogP contribution in [0.25, 0.3) is 0 Å². The first-order valence-corrected chi connectivity index (χ1v) is 9.60. The Morgan fingerprint density at radius 1 is 1.18 bits per heavy atom. The molecule has 0 spiro atoms. The van der Waals surface area contributed by atoms with Crippen LogP contribution in [-0.2, 0) is 6.18 Å². The van der Waals surface area contributed by atoms with Crippen LogP contribution in [0.4, 0.5) is 29.3 Å². The summed E-state index contributed by atoms with van der Waals surface area (Å²) in [5.41, 5.74) is 2.07. The number of aliphatic imine (C=N–C) groups is 1. The number of urea groups is 1. The number of nitrogens with zero attached hydrogens (tertiary/aromatic N) is 2. The fourth-order valence-corrected chi connectivity index (χ4v) is 3.93. The van der Waals surface area contributed by atoms with E-state index in [1.165, 1.54) is 28.8 Å². The van der Waals surface area contributed by atoms with E-state index in [2.05, 4.69) is 10.3 Å². The van der Waals surface area contributed by atoms with Crippen LogP contribution in [0.5, 0.6) is 0 Å². The molecule has 1 aliphatic rings. The van der Waals surface area contributed by atoms with Crippen LogP contribution in [0.15, 0.2) is 47.5 Å². The minimum Gasteiger partial charge on any atom is -0.307 e. The quantitative estimate of drug-likeness (QED) is 0.666. The maximum Gasteiger partial charge on any atom is 0.416 e. The molecule has 1 saturated heterocycles. The number of hydrogen-bond donors (Lipinski definition) is 1. The van der Waals surface area contributed by atoms with Gasteiger partial charge >= 0.3 is 12.2 Å². The van der Waals surface area contributed by atoms with Crippen LogP contribution in [0, 0.1) is 13.8 Å². The van der Waals surface area contributed by atoms with Crippen molar-refractivity contribution in [3.05, 3.63) is 59.2 Å². The third-order valence-electron chi connectivity index (χ3n) is 4.31. The molecule has 2 aromatic rings. The molecule has 2 aromatic carbocycles. The number of carbonyl (C=O) groups excluding carboxylic acids is 1. The molecular formula is C20H20F3N3OS. The molecule has 1 atom stereocenters. The summed E-state index contributed by atoms with van der Waals surface area (Å²) >= 11 is 1.47. The first-order valence-electron chi connectivity index (χ1n) is 8.72. The van der Waals surface area contributed by atoms with Gasteiger partial charge in [-0.25, -0.2) is 9.79 Å². The van der Waals surface area contributed by atoms with E-state index in [1.54, 1.807) is 0 Å². The third-order valence-corrected chi connectivity index (χ3v) is 5.38. The van der Waals surface area contributed by atoms with E-state index in [1.807, 2.05) is 39.0 Å². The average molecular weight is 407 g/mol. The van der Waals surface area contributed by atoms with Gasteiger partial charge in [-0.05, 0) is 43.2 Å². The monoisotopic (exact) mass is 407 g/mol. The van der Waals surface area contributed by atoms with Crippen LogP contribution in [0.3, 0.4) is 0 Å². The van der Waals surface area contributed by atoms with Gasteiger partial charge < -0.3 is 5.32 Å². The Balaban J connectivity index is 1.85. The lowest BCUT2D eigenvalue weighted by molar-refractivity contribution is -0.137. The highest BCUT2D eigenvalue weighted by Crippen LogP contribution is 2.33. The van der Waals surface area contributed by atoms with Crippen molar-refractivity contribution >= 4 is 34.3 Å². The van der Waals surface area contributed by atoms with Crippen LogP contribution >= 0.6 is 11.8 Å². The topological polar surface area (TPSA) is 44.7 Å². The summed E-state index contributed by atoms with van der Waals surface area (Å²) in [6.45, 7) is 6.30. The zero-order chi connectivity index (χ0) is 20.5. The molecule has 0 saturated carbocycles. The highest BCUT2D eigenvalue weighted by atomic mass is 32.2. The molecule has 3 rings (SSSR count). The molecule has 0 aromatic heterocycles. The summed E-state index contributed by atoms with van der Waals surface area (Å²) in [7, 11) is 0. The molecule has 0 radical (unpaired) electrons. The van der Waals surface area contributed by atoms with Crippen LogP contribution in [0.2, 0.25) is 0 Å². The van der Waals surface area contributed by atoms with Crippen LogP contribution in [0.1, 0.15) is 23.6 Å². The van der Waals surface area contributed by atoms with Crippen molar-refractivity contribution in [2.45, 2.75) is 32.2 Å². The molecule has 1 heterocycles. The van der Waals surface area contributed by atoms with E-state index >= 15 is 0 Å². The van der Waals surface area contributed by atoms with Gasteiger partial charge in [-0.15, -0.1) is 0 Å². The summed E-state index contributed by atoms with van der Waals surface area (Å²) < 4.78 is 38.7. The number of alkyl halides is 3. The Morgan fingerprint density at radius 2 is 1.82 bits per heavy atom. The first-order chi connectivity index (χ1) is 13.1. The van der Waals surface area contributed by atoms with Gasteiger partial charge in [0.15, 0.2) is 5.17 Å². The van der Waals surface area contributed by atoms with Crippen LogP contribution < -0.4 is 5.32 Å². The smallest absolute Gasteiger partial charge is 0.307 e. The fourth-order valence-electron chi connectivity index (χ4n) is 2.91. The first kappa shape index (κ1) is 20.3. The van der Waals surface area contributed by atoms with Gasteiger partial charge in [-0.2, -0.15) is 13.2 Å². The molecule has 1 unspecified atom stereocenters. The number of carbonyl (C=O) groups is 1. The van der Waals surface area contributed by atoms with Crippen molar-refractivity contribution in [2.24, 2.45) is 4.99 Å². The number of rotatable bonds is 2. The summed E-state index contributed by atoms with van der Waals surface area (Å²) in [5, 5.41) is 3.23. The Bertz CT molecular complexity index is 907. The maximum absolute atomic E-state index is 12.9. The molecule has 148 valence electrons. The van der Waals surface area contributed by atoms with Crippen molar-refractivity contribution in [1.29, 1.82) is 0 Å². The van der Waals surface area contributed by atoms with Gasteiger partial charge in [-0.3, -0.25) is 4.90 Å². The van der Waals surface area contributed by atoms with Gasteiger partial charge in [0.05, 0.1) is 11.3 Å². The molecular weight excluding hydrogens is 387 g/mol. The van der Waals surface area contributed by atoms with Gasteiger partial charge in [0.2, 0.25) is 0 Å². The molecule has 2 amide bonds. The second-order valence-corrected chi connectivity index (χ2v) is 8.09. The molecule has 28 heavy (non-hydrogen) atoms. The molecule has 1 fully saturated rings. The second kappa shape index (κ2) is 7.87. The number of nitrogens with one attached hydrogen (secondary N) is 1. The number of para-hydroxylation sites is 1. The van der Waals surface area contributed by atoms with Crippen molar-refractivity contribution in [3.63, 3.8) is 0 Å². The summed E-state index contributed by atoms with van der Waals surface area (Å²) in [4.78, 5) is 18.9. The van der Waals surface area contributed by atoms with Gasteiger partial charge in [0.1, 0.15) is 0 Å². The van der Waals surface area contributed by atoms with Crippen molar-refractivity contribution in [2.75, 3.05) is 11.9 Å². The number of hydrogen-bond acceptors (Lipinski definition) is 3. The van der Waals surface area contributed by atoms with Gasteiger partial charge in [0, 0.05) is 17.5 Å². The zero-order valence-corrected chi connectivity index (χ0v) is 16.5. The number of anilines is 1. The summed E-state index contributed by atoms with van der Waals surface area (Å²) in [6.07, 6.45) is -4.46. The Hall–Kier alpha value is -2.48. The summed E-state index contributed by atoms with van der Waals surface area (Å²) in [5.74, 6) is 0. The Kier molecular flexibility index (Phi) is 5.69. The lowest BCUT2D eigenvalue weighted by atomic mass is 10.1. The predicted octanol–water partition coefficient (Wildman–Crippen LogP) is 5.98. The standard InChI is InChI=1S/C20H20F3N3OS/c1-12-6-4-7-13(2)17(12)25-19-26(11-14(3)28-19)18(27)24-16-9-5-8-15(10-16)20(21,22)23/h4-10,14H,11H2,1-3H3,(H,24,27). The van der Waals surface area contributed by atoms with E-state index in [0.717, 1.165) is 28.9 Å². The predicted molar refractivity (Wildman–Crippen MR) is 107 cm³/mol. The van der Waals surface area contributed by atoms with Crippen molar-refractivity contribution < 1.29 is 18.0 Å². The minimum absolute atomic E-state index is 0.0933. The lowest BCUT2D eigenvalue weighted by Gasteiger charge is -2.18. The number of amidine groups is 1. The zero-order valence-electron chi connectivity index (χ0n) is 15.7. The molecule has 0 aliphatic carbocycles. The molecule has 1 N–H and O–H groups in total. The number of halogens is 3. The summed E-state index contributed by atoms with van der Waals surface area (Å²) in [6, 6.07) is 9.93.